The molecule has 0 aliphatic carbocycles. The van der Waals surface area contributed by atoms with Gasteiger partial charge in [0.2, 0.25) is 0 Å². The van der Waals surface area contributed by atoms with E-state index < -0.39 is 11.4 Å². The lowest BCUT2D eigenvalue weighted by molar-refractivity contribution is 0.0846. The summed E-state index contributed by atoms with van der Waals surface area (Å²) < 4.78 is 13.0. The fourth-order valence-corrected chi connectivity index (χ4v) is 2.30. The van der Waals surface area contributed by atoms with E-state index in [0.29, 0.717) is 24.4 Å². The number of benzene rings is 1. The zero-order valence-electron chi connectivity index (χ0n) is 10.0. The second-order valence-electron chi connectivity index (χ2n) is 4.35. The lowest BCUT2D eigenvalue weighted by Gasteiger charge is -2.22. The van der Waals surface area contributed by atoms with Gasteiger partial charge in [0, 0.05) is 24.9 Å². The maximum absolute atomic E-state index is 13.0. The molecule has 1 aromatic rings. The van der Waals surface area contributed by atoms with Gasteiger partial charge in [0.15, 0.2) is 0 Å². The number of phenols is 1. The smallest absolute Gasteiger partial charge is 0.127 e. The first-order valence-corrected chi connectivity index (χ1v) is 6.73. The van der Waals surface area contributed by atoms with Crippen molar-refractivity contribution in [3.63, 3.8) is 0 Å². The van der Waals surface area contributed by atoms with Gasteiger partial charge in [-0.1, -0.05) is 0 Å². The summed E-state index contributed by atoms with van der Waals surface area (Å²) in [6.45, 7) is 2.58. The Kier molecular flexibility index (Phi) is 5.24. The van der Waals surface area contributed by atoms with Crippen molar-refractivity contribution in [3.05, 3.63) is 29.6 Å². The van der Waals surface area contributed by atoms with Gasteiger partial charge >= 0.3 is 0 Å². The Labute approximate surface area is 105 Å². The van der Waals surface area contributed by atoms with Crippen molar-refractivity contribution in [1.29, 1.82) is 0 Å². The van der Waals surface area contributed by atoms with E-state index >= 15 is 0 Å². The number of halogens is 1. The van der Waals surface area contributed by atoms with Crippen molar-refractivity contribution in [3.8, 4) is 5.75 Å². The molecule has 0 spiro atoms. The van der Waals surface area contributed by atoms with Gasteiger partial charge < -0.3 is 15.5 Å². The fraction of sp³-hybridized carbons (Fsp3) is 0.500. The minimum atomic E-state index is -0.783. The number of aliphatic hydroxyl groups is 1. The standard InChI is InChI=1S/C12H18FNO2S/c1-12(16,8-17-2)7-14-6-9-3-10(13)5-11(15)4-9/h3-5,14-16H,6-8H2,1-2H3. The van der Waals surface area contributed by atoms with Gasteiger partial charge in [-0.25, -0.2) is 4.39 Å². The Morgan fingerprint density at radius 3 is 2.71 bits per heavy atom. The van der Waals surface area contributed by atoms with Gasteiger partial charge in [0.25, 0.3) is 0 Å². The van der Waals surface area contributed by atoms with E-state index in [1.54, 1.807) is 18.7 Å². The van der Waals surface area contributed by atoms with Crippen LogP contribution in [0.4, 0.5) is 4.39 Å². The normalized spacial score (nSPS) is 14.6. The highest BCUT2D eigenvalue weighted by atomic mass is 32.2. The SMILES string of the molecule is CSCC(C)(O)CNCc1cc(O)cc(F)c1. The summed E-state index contributed by atoms with van der Waals surface area (Å²) in [5, 5.41) is 22.2. The van der Waals surface area contributed by atoms with Crippen LogP contribution in [0.2, 0.25) is 0 Å². The molecule has 0 heterocycles. The molecule has 1 unspecified atom stereocenters. The number of hydrogen-bond donors (Lipinski definition) is 3. The topological polar surface area (TPSA) is 52.5 Å². The van der Waals surface area contributed by atoms with E-state index in [0.717, 1.165) is 6.07 Å². The molecule has 1 rings (SSSR count). The fourth-order valence-electron chi connectivity index (χ4n) is 1.57. The Morgan fingerprint density at radius 1 is 1.41 bits per heavy atom. The summed E-state index contributed by atoms with van der Waals surface area (Å²) in [5.41, 5.74) is -0.128. The molecular formula is C12H18FNO2S. The average molecular weight is 259 g/mol. The first kappa shape index (κ1) is 14.3. The molecule has 0 radical (unpaired) electrons. The second kappa shape index (κ2) is 6.23. The van der Waals surface area contributed by atoms with Crippen molar-refractivity contribution >= 4 is 11.8 Å². The largest absolute Gasteiger partial charge is 0.508 e. The van der Waals surface area contributed by atoms with Gasteiger partial charge in [-0.2, -0.15) is 11.8 Å². The molecule has 1 atom stereocenters. The highest BCUT2D eigenvalue weighted by molar-refractivity contribution is 7.98. The van der Waals surface area contributed by atoms with Gasteiger partial charge in [0.05, 0.1) is 5.60 Å². The van der Waals surface area contributed by atoms with Crippen LogP contribution in [0.25, 0.3) is 0 Å². The van der Waals surface area contributed by atoms with Crippen LogP contribution in [0.15, 0.2) is 18.2 Å². The van der Waals surface area contributed by atoms with E-state index in [2.05, 4.69) is 5.32 Å². The van der Waals surface area contributed by atoms with Crippen LogP contribution in [-0.4, -0.2) is 34.4 Å². The molecular weight excluding hydrogens is 241 g/mol. The molecule has 0 bridgehead atoms. The number of phenolic OH excluding ortho intramolecular Hbond substituents is 1. The Bertz CT molecular complexity index is 351. The summed E-state index contributed by atoms with van der Waals surface area (Å²) in [6.07, 6.45) is 1.93. The quantitative estimate of drug-likeness (QED) is 0.728. The zero-order chi connectivity index (χ0) is 12.9. The van der Waals surface area contributed by atoms with Crippen LogP contribution < -0.4 is 5.32 Å². The predicted octanol–water partition coefficient (Wildman–Crippen LogP) is 1.73. The van der Waals surface area contributed by atoms with E-state index in [-0.39, 0.29) is 5.75 Å². The summed E-state index contributed by atoms with van der Waals surface area (Å²) in [7, 11) is 0. The first-order valence-electron chi connectivity index (χ1n) is 5.33. The zero-order valence-corrected chi connectivity index (χ0v) is 10.9. The third-order valence-corrected chi connectivity index (χ3v) is 3.14. The van der Waals surface area contributed by atoms with Crippen LogP contribution in [0.3, 0.4) is 0 Å². The summed E-state index contributed by atoms with van der Waals surface area (Å²) >= 11 is 1.57. The number of nitrogens with one attached hydrogen (secondary N) is 1. The van der Waals surface area contributed by atoms with Crippen LogP contribution >= 0.6 is 11.8 Å². The molecule has 96 valence electrons. The third-order valence-electron chi connectivity index (χ3n) is 2.23. The Morgan fingerprint density at radius 2 is 2.12 bits per heavy atom. The molecule has 0 fully saturated rings. The predicted molar refractivity (Wildman–Crippen MR) is 68.8 cm³/mol. The molecule has 0 amide bonds. The van der Waals surface area contributed by atoms with Gasteiger partial charge in [-0.3, -0.25) is 0 Å². The summed E-state index contributed by atoms with van der Waals surface area (Å²) in [6, 6.07) is 3.92. The average Bonchev–Trinajstić information content (AvgIpc) is 2.15. The van der Waals surface area contributed by atoms with Gasteiger partial charge in [-0.15, -0.1) is 0 Å². The minimum absolute atomic E-state index is 0.0855. The maximum atomic E-state index is 13.0. The van der Waals surface area contributed by atoms with Crippen LogP contribution in [-0.2, 0) is 6.54 Å². The van der Waals surface area contributed by atoms with E-state index in [1.165, 1.54) is 12.1 Å². The number of thioether (sulfide) groups is 1. The molecule has 0 saturated heterocycles. The van der Waals surface area contributed by atoms with Crippen molar-refractivity contribution < 1.29 is 14.6 Å². The number of hydrogen-bond acceptors (Lipinski definition) is 4. The monoisotopic (exact) mass is 259 g/mol. The highest BCUT2D eigenvalue weighted by Crippen LogP contribution is 2.15. The molecule has 3 N–H and O–H groups in total. The van der Waals surface area contributed by atoms with Crippen LogP contribution in [0.1, 0.15) is 12.5 Å². The maximum Gasteiger partial charge on any atom is 0.127 e. The Hall–Kier alpha value is -0.780. The molecule has 0 aliphatic rings. The molecule has 0 saturated carbocycles. The molecule has 5 heteroatoms. The second-order valence-corrected chi connectivity index (χ2v) is 5.22. The van der Waals surface area contributed by atoms with Gasteiger partial charge in [-0.05, 0) is 30.9 Å². The van der Waals surface area contributed by atoms with Crippen molar-refractivity contribution in [1.82, 2.24) is 5.32 Å². The molecule has 0 aromatic heterocycles. The third kappa shape index (κ3) is 5.39. The van der Waals surface area contributed by atoms with E-state index in [4.69, 9.17) is 0 Å². The molecule has 1 aromatic carbocycles. The van der Waals surface area contributed by atoms with Crippen molar-refractivity contribution in [2.45, 2.75) is 19.1 Å². The minimum Gasteiger partial charge on any atom is -0.508 e. The number of aromatic hydroxyl groups is 1. The summed E-state index contributed by atoms with van der Waals surface area (Å²) in [5.74, 6) is 0.0874. The summed E-state index contributed by atoms with van der Waals surface area (Å²) in [4.78, 5) is 0. The van der Waals surface area contributed by atoms with E-state index in [9.17, 15) is 14.6 Å². The number of rotatable bonds is 6. The first-order chi connectivity index (χ1) is 7.93. The van der Waals surface area contributed by atoms with Crippen molar-refractivity contribution in [2.24, 2.45) is 0 Å². The lowest BCUT2D eigenvalue weighted by Crippen LogP contribution is -2.39. The molecule has 3 nitrogen and oxygen atoms in total. The molecule has 17 heavy (non-hydrogen) atoms. The van der Waals surface area contributed by atoms with Crippen LogP contribution in [0.5, 0.6) is 5.75 Å². The van der Waals surface area contributed by atoms with Gasteiger partial charge in [0.1, 0.15) is 11.6 Å². The van der Waals surface area contributed by atoms with Crippen molar-refractivity contribution in [2.75, 3.05) is 18.6 Å². The Balaban J connectivity index is 2.45. The molecule has 0 aliphatic heterocycles. The highest BCUT2D eigenvalue weighted by Gasteiger charge is 2.18. The lowest BCUT2D eigenvalue weighted by atomic mass is 10.1. The van der Waals surface area contributed by atoms with E-state index in [1.807, 2.05) is 6.26 Å². The van der Waals surface area contributed by atoms with Crippen LogP contribution in [0, 0.1) is 5.82 Å².